The van der Waals surface area contributed by atoms with Gasteiger partial charge in [0.25, 0.3) is 0 Å². The molecule has 0 fully saturated rings. The molecule has 2 unspecified atom stereocenters. The van der Waals surface area contributed by atoms with E-state index in [0.29, 0.717) is 30.2 Å². The Morgan fingerprint density at radius 1 is 1.31 bits per heavy atom. The Balaban J connectivity index is 2.15. The fourth-order valence-corrected chi connectivity index (χ4v) is 3.99. The molecule has 0 radical (unpaired) electrons. The second kappa shape index (κ2) is 7.36. The average Bonchev–Trinajstić information content (AvgIpc) is 2.61. The van der Waals surface area contributed by atoms with Gasteiger partial charge in [0.1, 0.15) is 5.78 Å². The standard InChI is InChI=1S/C21H25NO4/c1-5-26-17-10-9-14(11-18(17)25-4)20-19(13(3)23)12(2)22-15-7-6-8-16(24)21(15)20/h9-11,19-20,22H,2,5-8H2,1,3-4H3. The summed E-state index contributed by atoms with van der Waals surface area (Å²) in [7, 11) is 1.59. The number of allylic oxidation sites excluding steroid dienone is 3. The van der Waals surface area contributed by atoms with Gasteiger partial charge in [-0.15, -0.1) is 0 Å². The van der Waals surface area contributed by atoms with Crippen LogP contribution >= 0.6 is 0 Å². The van der Waals surface area contributed by atoms with Gasteiger partial charge in [0.15, 0.2) is 17.3 Å². The maximum absolute atomic E-state index is 12.7. The first-order chi connectivity index (χ1) is 12.5. The number of Topliss-reactive ketones (excluding diaryl/α,β-unsaturated/α-hetero) is 2. The summed E-state index contributed by atoms with van der Waals surface area (Å²) in [4.78, 5) is 25.1. The van der Waals surface area contributed by atoms with Crippen LogP contribution in [0.1, 0.15) is 44.6 Å². The predicted molar refractivity (Wildman–Crippen MR) is 99.2 cm³/mol. The summed E-state index contributed by atoms with van der Waals surface area (Å²) < 4.78 is 11.1. The van der Waals surface area contributed by atoms with Crippen molar-refractivity contribution in [2.75, 3.05) is 13.7 Å². The molecule has 1 aromatic carbocycles. The molecule has 1 aliphatic carbocycles. The van der Waals surface area contributed by atoms with Crippen LogP contribution in [-0.4, -0.2) is 25.3 Å². The van der Waals surface area contributed by atoms with Crippen LogP contribution in [0.25, 0.3) is 0 Å². The average molecular weight is 355 g/mol. The molecule has 5 heteroatoms. The molecule has 3 rings (SSSR count). The number of rotatable bonds is 5. The van der Waals surface area contributed by atoms with Crippen LogP contribution in [0, 0.1) is 5.92 Å². The van der Waals surface area contributed by atoms with Gasteiger partial charge in [-0.3, -0.25) is 9.59 Å². The van der Waals surface area contributed by atoms with E-state index in [9.17, 15) is 9.59 Å². The van der Waals surface area contributed by atoms with E-state index in [0.717, 1.165) is 29.7 Å². The van der Waals surface area contributed by atoms with Crippen molar-refractivity contribution >= 4 is 11.6 Å². The Bertz CT molecular complexity index is 793. The molecule has 0 amide bonds. The molecular formula is C21H25NO4. The van der Waals surface area contributed by atoms with Crippen LogP contribution in [0.3, 0.4) is 0 Å². The van der Waals surface area contributed by atoms with Gasteiger partial charge >= 0.3 is 0 Å². The van der Waals surface area contributed by atoms with Crippen molar-refractivity contribution in [2.45, 2.75) is 39.0 Å². The van der Waals surface area contributed by atoms with Gasteiger partial charge in [-0.05, 0) is 44.4 Å². The van der Waals surface area contributed by atoms with Crippen molar-refractivity contribution in [1.82, 2.24) is 5.32 Å². The summed E-state index contributed by atoms with van der Waals surface area (Å²) in [5.74, 6) is 0.531. The van der Waals surface area contributed by atoms with Crippen molar-refractivity contribution in [3.63, 3.8) is 0 Å². The smallest absolute Gasteiger partial charge is 0.161 e. The monoisotopic (exact) mass is 355 g/mol. The number of ether oxygens (including phenoxy) is 2. The molecule has 5 nitrogen and oxygen atoms in total. The minimum atomic E-state index is -0.474. The zero-order chi connectivity index (χ0) is 18.8. The van der Waals surface area contributed by atoms with E-state index in [-0.39, 0.29) is 17.5 Å². The van der Waals surface area contributed by atoms with Crippen molar-refractivity contribution in [3.8, 4) is 11.5 Å². The lowest BCUT2D eigenvalue weighted by molar-refractivity contribution is -0.120. The highest BCUT2D eigenvalue weighted by Gasteiger charge is 2.41. The van der Waals surface area contributed by atoms with E-state index < -0.39 is 5.92 Å². The molecule has 2 atom stereocenters. The first-order valence-corrected chi connectivity index (χ1v) is 9.01. The van der Waals surface area contributed by atoms with Crippen molar-refractivity contribution in [2.24, 2.45) is 5.92 Å². The van der Waals surface area contributed by atoms with Gasteiger partial charge in [-0.2, -0.15) is 0 Å². The second-order valence-corrected chi connectivity index (χ2v) is 6.73. The van der Waals surface area contributed by atoms with Crippen LogP contribution in [-0.2, 0) is 9.59 Å². The summed E-state index contributed by atoms with van der Waals surface area (Å²) >= 11 is 0. The summed E-state index contributed by atoms with van der Waals surface area (Å²) in [6.45, 7) is 8.06. The van der Waals surface area contributed by atoms with Gasteiger partial charge < -0.3 is 14.8 Å². The van der Waals surface area contributed by atoms with Crippen molar-refractivity contribution in [3.05, 3.63) is 47.3 Å². The van der Waals surface area contributed by atoms with E-state index in [1.54, 1.807) is 14.0 Å². The normalized spacial score (nSPS) is 22.6. The van der Waals surface area contributed by atoms with Gasteiger partial charge in [-0.1, -0.05) is 12.6 Å². The number of ketones is 2. The van der Waals surface area contributed by atoms with Gasteiger partial charge in [-0.25, -0.2) is 0 Å². The summed E-state index contributed by atoms with van der Waals surface area (Å²) in [5, 5.41) is 3.23. The third kappa shape index (κ3) is 3.14. The van der Waals surface area contributed by atoms with Crippen molar-refractivity contribution in [1.29, 1.82) is 0 Å². The molecule has 1 N–H and O–H groups in total. The number of nitrogens with one attached hydrogen (secondary N) is 1. The zero-order valence-electron chi connectivity index (χ0n) is 15.6. The summed E-state index contributed by atoms with van der Waals surface area (Å²) in [6.07, 6.45) is 2.14. The third-order valence-corrected chi connectivity index (χ3v) is 5.07. The Kier molecular flexibility index (Phi) is 5.16. The van der Waals surface area contributed by atoms with Gasteiger partial charge in [0, 0.05) is 29.3 Å². The maximum Gasteiger partial charge on any atom is 0.161 e. The Hall–Kier alpha value is -2.56. The summed E-state index contributed by atoms with van der Waals surface area (Å²) in [5.41, 5.74) is 3.15. The predicted octanol–water partition coefficient (Wildman–Crippen LogP) is 3.51. The molecule has 1 heterocycles. The van der Waals surface area contributed by atoms with Crippen LogP contribution in [0.15, 0.2) is 41.7 Å². The Morgan fingerprint density at radius 3 is 2.73 bits per heavy atom. The van der Waals surface area contributed by atoms with Gasteiger partial charge in [0.2, 0.25) is 0 Å². The highest BCUT2D eigenvalue weighted by Crippen LogP contribution is 2.45. The van der Waals surface area contributed by atoms with Gasteiger partial charge in [0.05, 0.1) is 19.6 Å². The van der Waals surface area contributed by atoms with Crippen LogP contribution < -0.4 is 14.8 Å². The van der Waals surface area contributed by atoms with Crippen LogP contribution in [0.4, 0.5) is 0 Å². The van der Waals surface area contributed by atoms with E-state index in [1.165, 1.54) is 0 Å². The molecule has 2 aliphatic rings. The van der Waals surface area contributed by atoms with E-state index in [2.05, 4.69) is 11.9 Å². The number of hydrogen-bond acceptors (Lipinski definition) is 5. The molecule has 0 aromatic heterocycles. The lowest BCUT2D eigenvalue weighted by atomic mass is 9.70. The first-order valence-electron chi connectivity index (χ1n) is 9.01. The number of methoxy groups -OCH3 is 1. The molecule has 0 spiro atoms. The minimum absolute atomic E-state index is 0.00900. The molecule has 0 saturated carbocycles. The third-order valence-electron chi connectivity index (χ3n) is 5.07. The maximum atomic E-state index is 12.7. The summed E-state index contributed by atoms with van der Waals surface area (Å²) in [6, 6.07) is 5.63. The lowest BCUT2D eigenvalue weighted by Crippen LogP contribution is -2.39. The quantitative estimate of drug-likeness (QED) is 0.876. The highest BCUT2D eigenvalue weighted by atomic mass is 16.5. The van der Waals surface area contributed by atoms with E-state index in [1.807, 2.05) is 25.1 Å². The number of hydrogen-bond donors (Lipinski definition) is 1. The molecule has 0 bridgehead atoms. The SMILES string of the molecule is C=C1NC2=C(C(=O)CCC2)C(c2ccc(OCC)c(OC)c2)C1C(C)=O. The number of carbonyl (C=O) groups excluding carboxylic acids is 2. The van der Waals surface area contributed by atoms with E-state index in [4.69, 9.17) is 9.47 Å². The molecule has 1 aliphatic heterocycles. The second-order valence-electron chi connectivity index (χ2n) is 6.73. The first kappa shape index (κ1) is 18.2. The van der Waals surface area contributed by atoms with E-state index >= 15 is 0 Å². The highest BCUT2D eigenvalue weighted by molar-refractivity contribution is 6.00. The van der Waals surface area contributed by atoms with Crippen molar-refractivity contribution < 1.29 is 19.1 Å². The zero-order valence-corrected chi connectivity index (χ0v) is 15.6. The topological polar surface area (TPSA) is 64.6 Å². The molecule has 26 heavy (non-hydrogen) atoms. The number of carbonyl (C=O) groups is 2. The minimum Gasteiger partial charge on any atom is -0.493 e. The van der Waals surface area contributed by atoms with Crippen LogP contribution in [0.5, 0.6) is 11.5 Å². The molecular weight excluding hydrogens is 330 g/mol. The fourth-order valence-electron chi connectivity index (χ4n) is 3.99. The largest absolute Gasteiger partial charge is 0.493 e. The molecule has 1 aromatic rings. The Morgan fingerprint density at radius 2 is 2.08 bits per heavy atom. The number of benzene rings is 1. The van der Waals surface area contributed by atoms with Crippen LogP contribution in [0.2, 0.25) is 0 Å². The lowest BCUT2D eigenvalue weighted by Gasteiger charge is -2.38. The fraction of sp³-hybridized carbons (Fsp3) is 0.429. The molecule has 138 valence electrons. The molecule has 0 saturated heterocycles. The Labute approximate surface area is 154 Å².